The Bertz CT molecular complexity index is 508. The van der Waals surface area contributed by atoms with Crippen LogP contribution < -0.4 is 10.6 Å². The average Bonchev–Trinajstić information content (AvgIpc) is 2.85. The van der Waals surface area contributed by atoms with Crippen LogP contribution in [0.25, 0.3) is 0 Å². The molecule has 1 aliphatic rings. The van der Waals surface area contributed by atoms with Crippen molar-refractivity contribution in [2.24, 2.45) is 0 Å². The van der Waals surface area contributed by atoms with Gasteiger partial charge in [-0.1, -0.05) is 31.2 Å². The fourth-order valence-corrected chi connectivity index (χ4v) is 2.86. The molecule has 0 aliphatic heterocycles. The second kappa shape index (κ2) is 7.14. The summed E-state index contributed by atoms with van der Waals surface area (Å²) in [5.41, 5.74) is 2.39. The van der Waals surface area contributed by atoms with Crippen LogP contribution in [-0.4, -0.2) is 24.3 Å². The number of hydrogen-bond donors (Lipinski definition) is 2. The number of ether oxygens (including phenoxy) is 1. The number of benzene rings is 1. The standard InChI is InChI=1S/C18H28N2O2/c1-5-14(12-19-17(21)22-18(2,3)4)20-16-11-10-13-8-6-7-9-15(13)16/h6-9,14,16,20H,5,10-12H2,1-4H3,(H,19,21). The van der Waals surface area contributed by atoms with E-state index in [0.29, 0.717) is 12.6 Å². The lowest BCUT2D eigenvalue weighted by atomic mass is 10.1. The Morgan fingerprint density at radius 1 is 1.36 bits per heavy atom. The lowest BCUT2D eigenvalue weighted by Crippen LogP contribution is -2.43. The molecule has 4 heteroatoms. The highest BCUT2D eigenvalue weighted by molar-refractivity contribution is 5.67. The van der Waals surface area contributed by atoms with Crippen molar-refractivity contribution in [1.82, 2.24) is 10.6 Å². The van der Waals surface area contributed by atoms with E-state index in [1.807, 2.05) is 20.8 Å². The van der Waals surface area contributed by atoms with Crippen molar-refractivity contribution in [3.05, 3.63) is 35.4 Å². The topological polar surface area (TPSA) is 50.4 Å². The number of carbonyl (C=O) groups excluding carboxylic acids is 1. The van der Waals surface area contributed by atoms with Gasteiger partial charge < -0.3 is 15.4 Å². The summed E-state index contributed by atoms with van der Waals surface area (Å²) in [7, 11) is 0. The molecule has 1 aliphatic carbocycles. The van der Waals surface area contributed by atoms with Crippen molar-refractivity contribution in [2.45, 2.75) is 64.6 Å². The molecule has 1 amide bonds. The van der Waals surface area contributed by atoms with Crippen LogP contribution in [0.1, 0.15) is 57.7 Å². The van der Waals surface area contributed by atoms with Crippen LogP contribution in [0.15, 0.2) is 24.3 Å². The van der Waals surface area contributed by atoms with Gasteiger partial charge in [-0.05, 0) is 51.2 Å². The molecule has 2 N–H and O–H groups in total. The Morgan fingerprint density at radius 2 is 2.09 bits per heavy atom. The predicted octanol–water partition coefficient (Wildman–Crippen LogP) is 3.57. The predicted molar refractivity (Wildman–Crippen MR) is 89.0 cm³/mol. The molecular formula is C18H28N2O2. The van der Waals surface area contributed by atoms with E-state index in [-0.39, 0.29) is 12.1 Å². The summed E-state index contributed by atoms with van der Waals surface area (Å²) in [5.74, 6) is 0. The Hall–Kier alpha value is -1.55. The first kappa shape index (κ1) is 16.8. The summed E-state index contributed by atoms with van der Waals surface area (Å²) in [5, 5.41) is 6.53. The molecule has 2 atom stereocenters. The highest BCUT2D eigenvalue weighted by atomic mass is 16.6. The minimum absolute atomic E-state index is 0.253. The summed E-state index contributed by atoms with van der Waals surface area (Å²) in [6, 6.07) is 9.25. The van der Waals surface area contributed by atoms with Gasteiger partial charge in [-0.2, -0.15) is 0 Å². The van der Waals surface area contributed by atoms with Gasteiger partial charge in [-0.25, -0.2) is 4.79 Å². The van der Waals surface area contributed by atoms with Crippen LogP contribution >= 0.6 is 0 Å². The molecule has 0 fully saturated rings. The Kier molecular flexibility index (Phi) is 5.46. The summed E-state index contributed by atoms with van der Waals surface area (Å²) in [6.07, 6.45) is 2.88. The first-order valence-electron chi connectivity index (χ1n) is 8.19. The largest absolute Gasteiger partial charge is 0.444 e. The molecule has 0 radical (unpaired) electrons. The second-order valence-corrected chi connectivity index (χ2v) is 6.94. The molecule has 122 valence electrons. The molecule has 1 aromatic carbocycles. The van der Waals surface area contributed by atoms with Gasteiger partial charge in [0.25, 0.3) is 0 Å². The van der Waals surface area contributed by atoms with Crippen molar-refractivity contribution in [1.29, 1.82) is 0 Å². The zero-order chi connectivity index (χ0) is 16.2. The van der Waals surface area contributed by atoms with Crippen LogP contribution in [0.3, 0.4) is 0 Å². The van der Waals surface area contributed by atoms with Crippen molar-refractivity contribution in [3.8, 4) is 0 Å². The monoisotopic (exact) mass is 304 g/mol. The molecule has 1 aromatic rings. The zero-order valence-corrected chi connectivity index (χ0v) is 14.1. The van der Waals surface area contributed by atoms with Gasteiger partial charge in [0.15, 0.2) is 0 Å². The quantitative estimate of drug-likeness (QED) is 0.874. The number of alkyl carbamates (subject to hydrolysis) is 1. The lowest BCUT2D eigenvalue weighted by molar-refractivity contribution is 0.0521. The van der Waals surface area contributed by atoms with E-state index >= 15 is 0 Å². The van der Waals surface area contributed by atoms with Crippen LogP contribution in [0.4, 0.5) is 4.79 Å². The molecular weight excluding hydrogens is 276 g/mol. The van der Waals surface area contributed by atoms with Crippen LogP contribution in [-0.2, 0) is 11.2 Å². The lowest BCUT2D eigenvalue weighted by Gasteiger charge is -2.24. The van der Waals surface area contributed by atoms with Crippen LogP contribution in [0, 0.1) is 0 Å². The first-order chi connectivity index (χ1) is 10.4. The van der Waals surface area contributed by atoms with E-state index in [1.165, 1.54) is 11.1 Å². The summed E-state index contributed by atoms with van der Waals surface area (Å²) < 4.78 is 5.28. The normalized spacial score (nSPS) is 18.6. The Balaban J connectivity index is 1.85. The molecule has 0 spiro atoms. The highest BCUT2D eigenvalue weighted by Gasteiger charge is 2.24. The van der Waals surface area contributed by atoms with Gasteiger partial charge >= 0.3 is 6.09 Å². The molecule has 4 nitrogen and oxygen atoms in total. The van der Waals surface area contributed by atoms with Gasteiger partial charge in [-0.3, -0.25) is 0 Å². The van der Waals surface area contributed by atoms with E-state index in [1.54, 1.807) is 0 Å². The fourth-order valence-electron chi connectivity index (χ4n) is 2.86. The number of hydrogen-bond acceptors (Lipinski definition) is 3. The summed E-state index contributed by atoms with van der Waals surface area (Å²) >= 11 is 0. The molecule has 2 rings (SSSR count). The number of rotatable bonds is 5. The fraction of sp³-hybridized carbons (Fsp3) is 0.611. The molecule has 0 saturated heterocycles. The third kappa shape index (κ3) is 4.73. The van der Waals surface area contributed by atoms with E-state index < -0.39 is 5.60 Å². The molecule has 0 bridgehead atoms. The number of amides is 1. The maximum absolute atomic E-state index is 11.8. The maximum Gasteiger partial charge on any atom is 0.407 e. The average molecular weight is 304 g/mol. The third-order valence-corrected chi connectivity index (χ3v) is 3.95. The van der Waals surface area contributed by atoms with Crippen molar-refractivity contribution < 1.29 is 9.53 Å². The van der Waals surface area contributed by atoms with Crippen molar-refractivity contribution in [3.63, 3.8) is 0 Å². The third-order valence-electron chi connectivity index (χ3n) is 3.95. The molecule has 0 aromatic heterocycles. The number of nitrogens with one attached hydrogen (secondary N) is 2. The van der Waals surface area contributed by atoms with Gasteiger partial charge in [-0.15, -0.1) is 0 Å². The van der Waals surface area contributed by atoms with E-state index in [9.17, 15) is 4.79 Å². The smallest absolute Gasteiger partial charge is 0.407 e. The zero-order valence-electron chi connectivity index (χ0n) is 14.1. The summed E-state index contributed by atoms with van der Waals surface area (Å²) in [6.45, 7) is 8.34. The second-order valence-electron chi connectivity index (χ2n) is 6.94. The molecule has 0 saturated carbocycles. The van der Waals surface area contributed by atoms with Crippen molar-refractivity contribution >= 4 is 6.09 Å². The summed E-state index contributed by atoms with van der Waals surface area (Å²) in [4.78, 5) is 11.8. The molecule has 2 unspecified atom stereocenters. The van der Waals surface area contributed by atoms with E-state index in [4.69, 9.17) is 4.74 Å². The van der Waals surface area contributed by atoms with Crippen LogP contribution in [0.5, 0.6) is 0 Å². The van der Waals surface area contributed by atoms with Gasteiger partial charge in [0.2, 0.25) is 0 Å². The van der Waals surface area contributed by atoms with Gasteiger partial charge in [0.05, 0.1) is 0 Å². The first-order valence-corrected chi connectivity index (χ1v) is 8.19. The van der Waals surface area contributed by atoms with E-state index in [0.717, 1.165) is 19.3 Å². The van der Waals surface area contributed by atoms with Gasteiger partial charge in [0, 0.05) is 18.6 Å². The molecule has 0 heterocycles. The number of aryl methyl sites for hydroxylation is 1. The highest BCUT2D eigenvalue weighted by Crippen LogP contribution is 2.31. The number of carbonyl (C=O) groups is 1. The Morgan fingerprint density at radius 3 is 2.77 bits per heavy atom. The number of fused-ring (bicyclic) bond motifs is 1. The van der Waals surface area contributed by atoms with Crippen molar-refractivity contribution in [2.75, 3.05) is 6.54 Å². The molecule has 22 heavy (non-hydrogen) atoms. The van der Waals surface area contributed by atoms with Crippen LogP contribution in [0.2, 0.25) is 0 Å². The Labute approximate surface area is 133 Å². The van der Waals surface area contributed by atoms with E-state index in [2.05, 4.69) is 41.8 Å². The SMILES string of the molecule is CCC(CNC(=O)OC(C)(C)C)NC1CCc2ccccc21. The minimum atomic E-state index is -0.455. The maximum atomic E-state index is 11.8. The van der Waals surface area contributed by atoms with Gasteiger partial charge in [0.1, 0.15) is 5.60 Å². The minimum Gasteiger partial charge on any atom is -0.444 e.